The zero-order valence-corrected chi connectivity index (χ0v) is 22.0. The van der Waals surface area contributed by atoms with E-state index in [1.165, 1.54) is 22.3 Å². The Kier molecular flexibility index (Phi) is 6.33. The summed E-state index contributed by atoms with van der Waals surface area (Å²) in [5.74, 6) is 0. The molecule has 0 unspecified atom stereocenters. The molecule has 0 aliphatic carbocycles. The molecule has 0 aliphatic heterocycles. The molecular weight excluding hydrogens is 466 g/mol. The molecule has 0 saturated heterocycles. The van der Waals surface area contributed by atoms with Gasteiger partial charge in [-0.3, -0.25) is 0 Å². The van der Waals surface area contributed by atoms with Gasteiger partial charge in [-0.1, -0.05) is 118 Å². The fourth-order valence-electron chi connectivity index (χ4n) is 3.92. The lowest BCUT2D eigenvalue weighted by atomic mass is 9.86. The number of aromatic nitrogens is 1. The molecule has 168 valence electrons. The molecule has 2 heteroatoms. The quantitative estimate of drug-likeness (QED) is 0.274. The van der Waals surface area contributed by atoms with Crippen molar-refractivity contribution in [2.75, 3.05) is 0 Å². The van der Waals surface area contributed by atoms with E-state index in [1.54, 1.807) is 0 Å². The summed E-state index contributed by atoms with van der Waals surface area (Å²) >= 11 is 3.55. The van der Waals surface area contributed by atoms with Gasteiger partial charge in [-0.15, -0.1) is 0 Å². The molecule has 0 fully saturated rings. The van der Waals surface area contributed by atoms with Gasteiger partial charge in [0.1, 0.15) is 0 Å². The highest BCUT2D eigenvalue weighted by atomic mass is 79.9. The predicted octanol–water partition coefficient (Wildman–Crippen LogP) is 9.44. The minimum Gasteiger partial charge on any atom is -0.248 e. The molecule has 1 aromatic heterocycles. The molecule has 0 saturated carbocycles. The Morgan fingerprint density at radius 3 is 1.24 bits per heavy atom. The van der Waals surface area contributed by atoms with Crippen LogP contribution in [-0.4, -0.2) is 4.98 Å². The van der Waals surface area contributed by atoms with Crippen molar-refractivity contribution in [3.63, 3.8) is 0 Å². The second-order valence-electron chi connectivity index (χ2n) is 10.8. The normalized spacial score (nSPS) is 12.1. The van der Waals surface area contributed by atoms with Gasteiger partial charge in [0.05, 0.1) is 11.4 Å². The van der Waals surface area contributed by atoms with Crippen molar-refractivity contribution in [2.45, 2.75) is 52.4 Å². The van der Waals surface area contributed by atoms with E-state index in [1.807, 2.05) is 0 Å². The number of hydrogen-bond acceptors (Lipinski definition) is 1. The Bertz CT molecular complexity index is 1160. The van der Waals surface area contributed by atoms with Gasteiger partial charge in [0.2, 0.25) is 0 Å². The average molecular weight is 499 g/mol. The molecule has 3 aromatic carbocycles. The highest BCUT2D eigenvalue weighted by molar-refractivity contribution is 9.10. The summed E-state index contributed by atoms with van der Waals surface area (Å²) in [6.07, 6.45) is 0. The highest BCUT2D eigenvalue weighted by Crippen LogP contribution is 2.33. The summed E-state index contributed by atoms with van der Waals surface area (Å²) < 4.78 is 1.07. The molecule has 33 heavy (non-hydrogen) atoms. The highest BCUT2D eigenvalue weighted by Gasteiger charge is 2.16. The number of hydrogen-bond donors (Lipinski definition) is 0. The summed E-state index contributed by atoms with van der Waals surface area (Å²) in [6, 6.07) is 30.6. The molecule has 0 aliphatic rings. The first-order valence-corrected chi connectivity index (χ1v) is 12.3. The lowest BCUT2D eigenvalue weighted by molar-refractivity contribution is 0.590. The monoisotopic (exact) mass is 497 g/mol. The molecule has 0 atom stereocenters. The maximum Gasteiger partial charge on any atom is 0.0715 e. The molecule has 4 aromatic rings. The Balaban J connectivity index is 1.83. The van der Waals surface area contributed by atoms with Crippen molar-refractivity contribution in [1.29, 1.82) is 0 Å². The average Bonchev–Trinajstić information content (AvgIpc) is 2.78. The van der Waals surface area contributed by atoms with Crippen LogP contribution in [0.25, 0.3) is 33.6 Å². The van der Waals surface area contributed by atoms with E-state index in [0.717, 1.165) is 27.0 Å². The second kappa shape index (κ2) is 8.91. The maximum atomic E-state index is 5.06. The molecule has 1 nitrogen and oxygen atoms in total. The third-order valence-electron chi connectivity index (χ3n) is 6.10. The lowest BCUT2D eigenvalue weighted by Gasteiger charge is -2.20. The molecule has 0 spiro atoms. The van der Waals surface area contributed by atoms with Gasteiger partial charge in [-0.2, -0.15) is 0 Å². The van der Waals surface area contributed by atoms with Crippen LogP contribution in [0.5, 0.6) is 0 Å². The largest absolute Gasteiger partial charge is 0.248 e. The SMILES string of the molecule is CC(C)(C)c1ccc(-c2cc(-c3ccc(Br)cc3)nc(-c3ccc(C(C)(C)C)cc3)c2)cc1. The standard InChI is InChI=1S/C31H32BrN/c1-30(2,3)25-13-7-21(8-14-25)24-19-28(22-9-15-26(16-10-22)31(4,5)6)33-29(20-24)23-11-17-27(32)18-12-23/h7-20H,1-6H3. The molecule has 0 radical (unpaired) electrons. The Morgan fingerprint density at radius 2 is 0.848 bits per heavy atom. The molecule has 4 rings (SSSR count). The number of halogens is 1. The summed E-state index contributed by atoms with van der Waals surface area (Å²) in [6.45, 7) is 13.5. The fourth-order valence-corrected chi connectivity index (χ4v) is 4.18. The van der Waals surface area contributed by atoms with Crippen LogP contribution in [-0.2, 0) is 10.8 Å². The maximum absolute atomic E-state index is 5.06. The van der Waals surface area contributed by atoms with E-state index < -0.39 is 0 Å². The summed E-state index contributed by atoms with van der Waals surface area (Å²) in [4.78, 5) is 5.06. The number of nitrogens with zero attached hydrogens (tertiary/aromatic N) is 1. The molecular formula is C31H32BrN. The van der Waals surface area contributed by atoms with E-state index in [2.05, 4.69) is 142 Å². The first kappa shape index (κ1) is 23.4. The first-order chi connectivity index (χ1) is 15.5. The van der Waals surface area contributed by atoms with E-state index in [-0.39, 0.29) is 10.8 Å². The lowest BCUT2D eigenvalue weighted by Crippen LogP contribution is -2.10. The zero-order chi connectivity index (χ0) is 23.8. The third kappa shape index (κ3) is 5.45. The van der Waals surface area contributed by atoms with E-state index in [9.17, 15) is 0 Å². The predicted molar refractivity (Wildman–Crippen MR) is 146 cm³/mol. The van der Waals surface area contributed by atoms with Crippen LogP contribution in [0.3, 0.4) is 0 Å². The van der Waals surface area contributed by atoms with Gasteiger partial charge >= 0.3 is 0 Å². The van der Waals surface area contributed by atoms with Crippen LogP contribution in [0.15, 0.2) is 89.4 Å². The van der Waals surface area contributed by atoms with E-state index in [4.69, 9.17) is 4.98 Å². The van der Waals surface area contributed by atoms with Crippen molar-refractivity contribution in [3.05, 3.63) is 101 Å². The number of rotatable bonds is 3. The molecule has 0 amide bonds. The second-order valence-corrected chi connectivity index (χ2v) is 11.7. The van der Waals surface area contributed by atoms with Crippen LogP contribution in [0.1, 0.15) is 52.7 Å². The third-order valence-corrected chi connectivity index (χ3v) is 6.62. The van der Waals surface area contributed by atoms with Crippen LogP contribution < -0.4 is 0 Å². The van der Waals surface area contributed by atoms with Gasteiger partial charge in [-0.05, 0) is 57.3 Å². The van der Waals surface area contributed by atoms with Crippen molar-refractivity contribution < 1.29 is 0 Å². The summed E-state index contributed by atoms with van der Waals surface area (Å²) in [5, 5.41) is 0. The molecule has 0 bridgehead atoms. The Morgan fingerprint density at radius 1 is 0.485 bits per heavy atom. The minimum absolute atomic E-state index is 0.130. The van der Waals surface area contributed by atoms with Gasteiger partial charge < -0.3 is 0 Å². The minimum atomic E-state index is 0.130. The summed E-state index contributed by atoms with van der Waals surface area (Å²) in [5.41, 5.74) is 9.54. The number of pyridine rings is 1. The van der Waals surface area contributed by atoms with Gasteiger partial charge in [-0.25, -0.2) is 4.98 Å². The summed E-state index contributed by atoms with van der Waals surface area (Å²) in [7, 11) is 0. The Hall–Kier alpha value is -2.71. The fraction of sp³-hybridized carbons (Fsp3) is 0.258. The van der Waals surface area contributed by atoms with E-state index in [0.29, 0.717) is 0 Å². The number of benzene rings is 3. The molecule has 0 N–H and O–H groups in total. The van der Waals surface area contributed by atoms with E-state index >= 15 is 0 Å². The zero-order valence-electron chi connectivity index (χ0n) is 20.4. The van der Waals surface area contributed by atoms with Crippen LogP contribution in [0.2, 0.25) is 0 Å². The van der Waals surface area contributed by atoms with Crippen LogP contribution in [0, 0.1) is 0 Å². The van der Waals surface area contributed by atoms with Crippen molar-refractivity contribution >= 4 is 15.9 Å². The van der Waals surface area contributed by atoms with Crippen LogP contribution in [0.4, 0.5) is 0 Å². The van der Waals surface area contributed by atoms with Crippen molar-refractivity contribution in [2.24, 2.45) is 0 Å². The van der Waals surface area contributed by atoms with Gasteiger partial charge in [0.25, 0.3) is 0 Å². The van der Waals surface area contributed by atoms with Gasteiger partial charge in [0.15, 0.2) is 0 Å². The topological polar surface area (TPSA) is 12.9 Å². The molecule has 1 heterocycles. The Labute approximate surface area is 207 Å². The van der Waals surface area contributed by atoms with Crippen LogP contribution >= 0.6 is 15.9 Å². The van der Waals surface area contributed by atoms with Crippen molar-refractivity contribution in [1.82, 2.24) is 4.98 Å². The van der Waals surface area contributed by atoms with Crippen molar-refractivity contribution in [3.8, 4) is 33.6 Å². The smallest absolute Gasteiger partial charge is 0.0715 e. The first-order valence-electron chi connectivity index (χ1n) is 11.5. The van der Waals surface area contributed by atoms with Gasteiger partial charge in [0, 0.05) is 15.6 Å².